The second-order valence-electron chi connectivity index (χ2n) is 3.39. The van der Waals surface area contributed by atoms with Gasteiger partial charge in [0.1, 0.15) is 12.0 Å². The second-order valence-corrected chi connectivity index (χ2v) is 5.07. The fourth-order valence-electron chi connectivity index (χ4n) is 1.27. The largest absolute Gasteiger partial charge is 0.362 e. The average molecular weight is 287 g/mol. The monoisotopic (exact) mass is 287 g/mol. The molecule has 0 amide bonds. The van der Waals surface area contributed by atoms with E-state index in [1.165, 1.54) is 0 Å². The number of rotatable bonds is 4. The molecule has 0 radical (unpaired) electrons. The van der Waals surface area contributed by atoms with Crippen LogP contribution >= 0.6 is 0 Å². The van der Waals surface area contributed by atoms with Crippen LogP contribution in [0.3, 0.4) is 0 Å². The van der Waals surface area contributed by atoms with Crippen molar-refractivity contribution in [3.05, 3.63) is 46.6 Å². The number of aromatic nitrogens is 1. The van der Waals surface area contributed by atoms with Crippen LogP contribution in [0.4, 0.5) is 15.8 Å². The Bertz CT molecular complexity index is 713. The molecule has 8 nitrogen and oxygen atoms in total. The fourth-order valence-corrected chi connectivity index (χ4v) is 2.31. The van der Waals surface area contributed by atoms with Crippen molar-refractivity contribution < 1.29 is 22.3 Å². The quantitative estimate of drug-likeness (QED) is 0.673. The minimum atomic E-state index is -4.06. The first-order valence-electron chi connectivity index (χ1n) is 4.76. The predicted octanol–water partition coefficient (Wildman–Crippen LogP) is 1.52. The lowest BCUT2D eigenvalue weighted by molar-refractivity contribution is -0.387. The number of nitro benzene ring substituents is 1. The van der Waals surface area contributed by atoms with Gasteiger partial charge < -0.3 is 4.52 Å². The maximum absolute atomic E-state index is 13.3. The Morgan fingerprint density at radius 2 is 2.16 bits per heavy atom. The van der Waals surface area contributed by atoms with Crippen molar-refractivity contribution in [3.8, 4) is 0 Å². The highest BCUT2D eigenvalue weighted by molar-refractivity contribution is 7.92. The smallest absolute Gasteiger partial charge is 0.304 e. The normalized spacial score (nSPS) is 11.2. The van der Waals surface area contributed by atoms with E-state index in [1.807, 2.05) is 0 Å². The van der Waals surface area contributed by atoms with E-state index >= 15 is 0 Å². The van der Waals surface area contributed by atoms with Gasteiger partial charge in [-0.15, -0.1) is 0 Å². The van der Waals surface area contributed by atoms with Gasteiger partial charge in [-0.2, -0.15) is 4.39 Å². The lowest BCUT2D eigenvalue weighted by atomic mass is 10.3. The molecular formula is C9H6FN3O5S. The molecule has 0 bridgehead atoms. The van der Waals surface area contributed by atoms with Crippen molar-refractivity contribution in [2.24, 2.45) is 0 Å². The SMILES string of the molecule is O=[N+]([O-])c1ccc(S(=O)(=O)Nc2cnoc2)cc1F. The van der Waals surface area contributed by atoms with Crippen molar-refractivity contribution in [2.45, 2.75) is 4.90 Å². The van der Waals surface area contributed by atoms with E-state index in [-0.39, 0.29) is 5.69 Å². The Hall–Kier alpha value is -2.49. The van der Waals surface area contributed by atoms with Gasteiger partial charge in [0, 0.05) is 12.1 Å². The van der Waals surface area contributed by atoms with Gasteiger partial charge in [0.2, 0.25) is 5.82 Å². The molecule has 10 heteroatoms. The van der Waals surface area contributed by atoms with E-state index < -0.39 is 31.3 Å². The summed E-state index contributed by atoms with van der Waals surface area (Å²) in [5.41, 5.74) is -0.748. The summed E-state index contributed by atoms with van der Waals surface area (Å²) in [5, 5.41) is 13.7. The summed E-state index contributed by atoms with van der Waals surface area (Å²) in [6.45, 7) is 0. The number of hydrogen-bond acceptors (Lipinski definition) is 6. The van der Waals surface area contributed by atoms with Crippen LogP contribution in [-0.4, -0.2) is 18.5 Å². The lowest BCUT2D eigenvalue weighted by Crippen LogP contribution is -2.13. The summed E-state index contributed by atoms with van der Waals surface area (Å²) >= 11 is 0. The minimum Gasteiger partial charge on any atom is -0.362 e. The molecule has 0 saturated heterocycles. The molecule has 1 aromatic heterocycles. The van der Waals surface area contributed by atoms with Crippen molar-refractivity contribution in [2.75, 3.05) is 4.72 Å². The number of hydrogen-bond donors (Lipinski definition) is 1. The standard InChI is InChI=1S/C9H6FN3O5S/c10-8-3-7(1-2-9(8)13(14)15)19(16,17)12-6-4-11-18-5-6/h1-5,12H. The molecule has 1 heterocycles. The number of benzene rings is 1. The number of halogens is 1. The zero-order valence-electron chi connectivity index (χ0n) is 9.11. The third-order valence-electron chi connectivity index (χ3n) is 2.11. The molecule has 0 saturated carbocycles. The van der Waals surface area contributed by atoms with Crippen LogP contribution in [0, 0.1) is 15.9 Å². The maximum Gasteiger partial charge on any atom is 0.304 e. The second kappa shape index (κ2) is 4.65. The maximum atomic E-state index is 13.3. The van der Waals surface area contributed by atoms with Gasteiger partial charge in [-0.1, -0.05) is 5.16 Å². The van der Waals surface area contributed by atoms with Crippen LogP contribution < -0.4 is 4.72 Å². The Morgan fingerprint density at radius 3 is 2.68 bits per heavy atom. The summed E-state index contributed by atoms with van der Waals surface area (Å²) in [6.07, 6.45) is 2.15. The number of sulfonamides is 1. The van der Waals surface area contributed by atoms with Gasteiger partial charge in [0.15, 0.2) is 0 Å². The molecule has 0 aliphatic heterocycles. The van der Waals surface area contributed by atoms with E-state index in [0.29, 0.717) is 6.07 Å². The molecule has 0 atom stereocenters. The van der Waals surface area contributed by atoms with Crippen LogP contribution in [0.25, 0.3) is 0 Å². The first-order chi connectivity index (χ1) is 8.90. The highest BCUT2D eigenvalue weighted by atomic mass is 32.2. The van der Waals surface area contributed by atoms with Crippen LogP contribution in [0.15, 0.2) is 40.1 Å². The number of nitrogens with one attached hydrogen (secondary N) is 1. The molecular weight excluding hydrogens is 281 g/mol. The topological polar surface area (TPSA) is 115 Å². The highest BCUT2D eigenvalue weighted by Crippen LogP contribution is 2.22. The van der Waals surface area contributed by atoms with Gasteiger partial charge in [-0.25, -0.2) is 8.42 Å². The van der Waals surface area contributed by atoms with Gasteiger partial charge in [-0.05, 0) is 6.07 Å². The number of nitro groups is 1. The molecule has 1 aromatic carbocycles. The molecule has 100 valence electrons. The van der Waals surface area contributed by atoms with E-state index in [0.717, 1.165) is 24.6 Å². The Labute approximate surface area is 106 Å². The van der Waals surface area contributed by atoms with Crippen LogP contribution in [0.5, 0.6) is 0 Å². The van der Waals surface area contributed by atoms with Crippen LogP contribution in [-0.2, 0) is 10.0 Å². The average Bonchev–Trinajstić information content (AvgIpc) is 2.80. The Kier molecular flexibility index (Phi) is 3.17. The zero-order chi connectivity index (χ0) is 14.0. The predicted molar refractivity (Wildman–Crippen MR) is 60.4 cm³/mol. The minimum absolute atomic E-state index is 0.0544. The molecule has 19 heavy (non-hydrogen) atoms. The molecule has 0 fully saturated rings. The van der Waals surface area contributed by atoms with E-state index in [1.54, 1.807) is 0 Å². The van der Waals surface area contributed by atoms with Gasteiger partial charge in [-0.3, -0.25) is 14.8 Å². The van der Waals surface area contributed by atoms with Crippen molar-refractivity contribution in [1.29, 1.82) is 0 Å². The molecule has 2 aromatic rings. The summed E-state index contributed by atoms with van der Waals surface area (Å²) in [4.78, 5) is 9.03. The summed E-state index contributed by atoms with van der Waals surface area (Å²) < 4.78 is 43.5. The molecule has 1 N–H and O–H groups in total. The molecule has 2 rings (SSSR count). The highest BCUT2D eigenvalue weighted by Gasteiger charge is 2.21. The van der Waals surface area contributed by atoms with Gasteiger partial charge in [0.05, 0.1) is 16.0 Å². The fraction of sp³-hybridized carbons (Fsp3) is 0. The lowest BCUT2D eigenvalue weighted by Gasteiger charge is -2.05. The summed E-state index contributed by atoms with van der Waals surface area (Å²) in [7, 11) is -4.06. The summed E-state index contributed by atoms with van der Waals surface area (Å²) in [6, 6.07) is 2.27. The third kappa shape index (κ3) is 2.68. The number of nitrogens with zero attached hydrogens (tertiary/aromatic N) is 2. The van der Waals surface area contributed by atoms with E-state index in [2.05, 4.69) is 14.4 Å². The zero-order valence-corrected chi connectivity index (χ0v) is 9.93. The van der Waals surface area contributed by atoms with Crippen molar-refractivity contribution in [3.63, 3.8) is 0 Å². The van der Waals surface area contributed by atoms with Gasteiger partial charge in [0.25, 0.3) is 10.0 Å². The molecule has 0 unspecified atom stereocenters. The molecule has 0 aliphatic rings. The van der Waals surface area contributed by atoms with E-state index in [4.69, 9.17) is 0 Å². The Morgan fingerprint density at radius 1 is 1.42 bits per heavy atom. The van der Waals surface area contributed by atoms with Crippen molar-refractivity contribution in [1.82, 2.24) is 5.16 Å². The van der Waals surface area contributed by atoms with Gasteiger partial charge >= 0.3 is 5.69 Å². The molecule has 0 aliphatic carbocycles. The summed E-state index contributed by atoms with van der Waals surface area (Å²) in [5.74, 6) is -1.24. The van der Waals surface area contributed by atoms with Crippen LogP contribution in [0.1, 0.15) is 0 Å². The molecule has 0 spiro atoms. The van der Waals surface area contributed by atoms with Crippen LogP contribution in [0.2, 0.25) is 0 Å². The first-order valence-corrected chi connectivity index (χ1v) is 6.24. The number of anilines is 1. The Balaban J connectivity index is 2.36. The first kappa shape index (κ1) is 13.0. The third-order valence-corrected chi connectivity index (χ3v) is 3.49. The van der Waals surface area contributed by atoms with E-state index in [9.17, 15) is 22.9 Å². The van der Waals surface area contributed by atoms with Crippen molar-refractivity contribution >= 4 is 21.4 Å².